The van der Waals surface area contributed by atoms with E-state index in [0.717, 1.165) is 16.9 Å². The van der Waals surface area contributed by atoms with Gasteiger partial charge in [-0.3, -0.25) is 0 Å². The molecule has 2 rings (SSSR count). The van der Waals surface area contributed by atoms with E-state index in [1.807, 2.05) is 43.3 Å². The topological polar surface area (TPSA) is 42.2 Å². The zero-order valence-corrected chi connectivity index (χ0v) is 11.0. The van der Waals surface area contributed by atoms with Gasteiger partial charge in [0.2, 0.25) is 0 Å². The first-order chi connectivity index (χ1) is 9.24. The zero-order chi connectivity index (χ0) is 13.7. The fourth-order valence-corrected chi connectivity index (χ4v) is 1.81. The molecule has 0 aliphatic rings. The first-order valence-corrected chi connectivity index (χ1v) is 6.00. The van der Waals surface area contributed by atoms with Gasteiger partial charge in [0.1, 0.15) is 24.2 Å². The van der Waals surface area contributed by atoms with Gasteiger partial charge in [-0.25, -0.2) is 0 Å². The van der Waals surface area contributed by atoms with Crippen LogP contribution in [-0.2, 0) is 6.61 Å². The second kappa shape index (κ2) is 5.92. The number of nitrogens with zero attached hydrogens (tertiary/aromatic N) is 1. The van der Waals surface area contributed by atoms with Crippen molar-refractivity contribution in [3.05, 3.63) is 59.2 Å². The molecule has 0 aliphatic carbocycles. The molecule has 0 aliphatic heterocycles. The maximum absolute atomic E-state index is 9.06. The number of hydrogen-bond donors (Lipinski definition) is 0. The number of aryl methyl sites for hydroxylation is 1. The Hall–Kier alpha value is -2.47. The first kappa shape index (κ1) is 13.0. The molecule has 2 aromatic carbocycles. The summed E-state index contributed by atoms with van der Waals surface area (Å²) in [6.07, 6.45) is 0. The molecule has 0 saturated carbocycles. The largest absolute Gasteiger partial charge is 0.497 e. The predicted molar refractivity (Wildman–Crippen MR) is 73.2 cm³/mol. The van der Waals surface area contributed by atoms with Gasteiger partial charge in [0.25, 0.3) is 0 Å². The van der Waals surface area contributed by atoms with Crippen LogP contribution in [0.15, 0.2) is 42.5 Å². The highest BCUT2D eigenvalue weighted by molar-refractivity contribution is 5.47. The van der Waals surface area contributed by atoms with Gasteiger partial charge in [-0.1, -0.05) is 24.3 Å². The van der Waals surface area contributed by atoms with Crippen molar-refractivity contribution in [1.82, 2.24) is 0 Å². The lowest BCUT2D eigenvalue weighted by molar-refractivity contribution is 0.303. The third-order valence-corrected chi connectivity index (χ3v) is 2.87. The Bertz CT molecular complexity index is 597. The normalized spacial score (nSPS) is 9.74. The van der Waals surface area contributed by atoms with Crippen LogP contribution >= 0.6 is 0 Å². The number of ether oxygens (including phenoxy) is 2. The van der Waals surface area contributed by atoms with Gasteiger partial charge in [-0.2, -0.15) is 5.26 Å². The highest BCUT2D eigenvalue weighted by atomic mass is 16.5. The second-order valence-corrected chi connectivity index (χ2v) is 4.20. The summed E-state index contributed by atoms with van der Waals surface area (Å²) in [5.41, 5.74) is 2.56. The molecule has 0 N–H and O–H groups in total. The first-order valence-electron chi connectivity index (χ1n) is 6.00. The van der Waals surface area contributed by atoms with E-state index in [-0.39, 0.29) is 0 Å². The molecule has 19 heavy (non-hydrogen) atoms. The second-order valence-electron chi connectivity index (χ2n) is 4.20. The van der Waals surface area contributed by atoms with Gasteiger partial charge in [0.15, 0.2) is 0 Å². The average molecular weight is 253 g/mol. The summed E-state index contributed by atoms with van der Waals surface area (Å²) in [4.78, 5) is 0. The SMILES string of the molecule is COc1ccc(COc2c(C)cccc2C#N)cc1. The van der Waals surface area contributed by atoms with E-state index < -0.39 is 0 Å². The smallest absolute Gasteiger partial charge is 0.140 e. The third kappa shape index (κ3) is 3.05. The molecule has 0 radical (unpaired) electrons. The Morgan fingerprint density at radius 3 is 2.47 bits per heavy atom. The maximum Gasteiger partial charge on any atom is 0.140 e. The quantitative estimate of drug-likeness (QED) is 0.838. The molecular formula is C16H15NO2. The maximum atomic E-state index is 9.06. The molecule has 0 bridgehead atoms. The summed E-state index contributed by atoms with van der Waals surface area (Å²) in [5, 5.41) is 9.06. The van der Waals surface area contributed by atoms with Gasteiger partial charge in [-0.05, 0) is 36.2 Å². The van der Waals surface area contributed by atoms with Crippen molar-refractivity contribution in [2.45, 2.75) is 13.5 Å². The molecule has 0 aromatic heterocycles. The molecule has 0 atom stereocenters. The number of benzene rings is 2. The van der Waals surface area contributed by atoms with Crippen molar-refractivity contribution in [3.8, 4) is 17.6 Å². The van der Waals surface area contributed by atoms with E-state index >= 15 is 0 Å². The average Bonchev–Trinajstić information content (AvgIpc) is 2.46. The van der Waals surface area contributed by atoms with Crippen LogP contribution in [0.3, 0.4) is 0 Å². The lowest BCUT2D eigenvalue weighted by Crippen LogP contribution is -1.99. The Labute approximate surface area is 113 Å². The number of para-hydroxylation sites is 1. The zero-order valence-electron chi connectivity index (χ0n) is 11.0. The molecule has 3 heteroatoms. The minimum Gasteiger partial charge on any atom is -0.497 e. The van der Waals surface area contributed by atoms with E-state index in [2.05, 4.69) is 6.07 Å². The van der Waals surface area contributed by atoms with E-state index in [1.165, 1.54) is 0 Å². The molecule has 2 aromatic rings. The summed E-state index contributed by atoms with van der Waals surface area (Å²) in [6, 6.07) is 15.4. The van der Waals surface area contributed by atoms with Crippen molar-refractivity contribution in [2.24, 2.45) is 0 Å². The number of methoxy groups -OCH3 is 1. The Morgan fingerprint density at radius 1 is 1.11 bits per heavy atom. The lowest BCUT2D eigenvalue weighted by atomic mass is 10.1. The van der Waals surface area contributed by atoms with Crippen molar-refractivity contribution < 1.29 is 9.47 Å². The van der Waals surface area contributed by atoms with Gasteiger partial charge in [0.05, 0.1) is 12.7 Å². The fraction of sp³-hybridized carbons (Fsp3) is 0.188. The minimum atomic E-state index is 0.434. The minimum absolute atomic E-state index is 0.434. The summed E-state index contributed by atoms with van der Waals surface area (Å²) in [7, 11) is 1.64. The van der Waals surface area contributed by atoms with Crippen LogP contribution in [0.25, 0.3) is 0 Å². The van der Waals surface area contributed by atoms with Crippen molar-refractivity contribution in [3.63, 3.8) is 0 Å². The van der Waals surface area contributed by atoms with Crippen molar-refractivity contribution in [2.75, 3.05) is 7.11 Å². The van der Waals surface area contributed by atoms with Gasteiger partial charge in [-0.15, -0.1) is 0 Å². The monoisotopic (exact) mass is 253 g/mol. The predicted octanol–water partition coefficient (Wildman–Crippen LogP) is 3.45. The number of hydrogen-bond acceptors (Lipinski definition) is 3. The fourth-order valence-electron chi connectivity index (χ4n) is 1.81. The van der Waals surface area contributed by atoms with E-state index in [4.69, 9.17) is 14.7 Å². The lowest BCUT2D eigenvalue weighted by Gasteiger charge is -2.11. The van der Waals surface area contributed by atoms with Crippen molar-refractivity contribution in [1.29, 1.82) is 5.26 Å². The summed E-state index contributed by atoms with van der Waals surface area (Å²) in [6.45, 7) is 2.37. The summed E-state index contributed by atoms with van der Waals surface area (Å²) in [5.74, 6) is 1.47. The molecule has 0 spiro atoms. The Kier molecular flexibility index (Phi) is 4.04. The highest BCUT2D eigenvalue weighted by Crippen LogP contribution is 2.24. The van der Waals surface area contributed by atoms with Gasteiger partial charge < -0.3 is 9.47 Å². The van der Waals surface area contributed by atoms with Crippen LogP contribution in [0.4, 0.5) is 0 Å². The summed E-state index contributed by atoms with van der Waals surface area (Å²) < 4.78 is 10.9. The van der Waals surface area contributed by atoms with Crippen LogP contribution in [0, 0.1) is 18.3 Å². The molecule has 0 amide bonds. The van der Waals surface area contributed by atoms with Crippen LogP contribution in [-0.4, -0.2) is 7.11 Å². The molecule has 3 nitrogen and oxygen atoms in total. The molecule has 0 saturated heterocycles. The van der Waals surface area contributed by atoms with E-state index in [9.17, 15) is 0 Å². The van der Waals surface area contributed by atoms with Crippen molar-refractivity contribution >= 4 is 0 Å². The molecule has 0 fully saturated rings. The van der Waals surface area contributed by atoms with Gasteiger partial charge >= 0.3 is 0 Å². The Morgan fingerprint density at radius 2 is 1.84 bits per heavy atom. The molecular weight excluding hydrogens is 238 g/mol. The van der Waals surface area contributed by atoms with Crippen LogP contribution in [0.1, 0.15) is 16.7 Å². The van der Waals surface area contributed by atoms with Crippen LogP contribution in [0.2, 0.25) is 0 Å². The van der Waals surface area contributed by atoms with Crippen LogP contribution < -0.4 is 9.47 Å². The number of nitriles is 1. The standard InChI is InChI=1S/C16H15NO2/c1-12-4-3-5-14(10-17)16(12)19-11-13-6-8-15(18-2)9-7-13/h3-9H,11H2,1-2H3. The van der Waals surface area contributed by atoms with E-state index in [1.54, 1.807) is 13.2 Å². The molecule has 96 valence electrons. The number of rotatable bonds is 4. The van der Waals surface area contributed by atoms with Crippen LogP contribution in [0.5, 0.6) is 11.5 Å². The molecule has 0 unspecified atom stereocenters. The highest BCUT2D eigenvalue weighted by Gasteiger charge is 2.06. The molecule has 0 heterocycles. The summed E-state index contributed by atoms with van der Waals surface area (Å²) >= 11 is 0. The van der Waals surface area contributed by atoms with Gasteiger partial charge in [0, 0.05) is 0 Å². The Balaban J connectivity index is 2.12. The third-order valence-electron chi connectivity index (χ3n) is 2.87. The van der Waals surface area contributed by atoms with E-state index in [0.29, 0.717) is 17.9 Å².